The van der Waals surface area contributed by atoms with Crippen LogP contribution in [0.25, 0.3) is 11.5 Å². The molecule has 2 aromatic heterocycles. The third-order valence-electron chi connectivity index (χ3n) is 6.22. The van der Waals surface area contributed by atoms with Crippen molar-refractivity contribution in [2.45, 2.75) is 26.4 Å². The fourth-order valence-corrected chi connectivity index (χ4v) is 4.73. The second-order valence-corrected chi connectivity index (χ2v) is 8.92. The van der Waals surface area contributed by atoms with Crippen LogP contribution in [-0.4, -0.2) is 44.4 Å². The molecule has 1 aliphatic heterocycles. The summed E-state index contributed by atoms with van der Waals surface area (Å²) in [6.45, 7) is 4.00. The molecule has 4 aromatic rings. The summed E-state index contributed by atoms with van der Waals surface area (Å²) in [5.41, 5.74) is 4.43. The van der Waals surface area contributed by atoms with E-state index in [0.717, 1.165) is 34.0 Å². The lowest BCUT2D eigenvalue weighted by atomic mass is 10.0. The lowest BCUT2D eigenvalue weighted by Crippen LogP contribution is -2.44. The first-order valence-corrected chi connectivity index (χ1v) is 12.1. The van der Waals surface area contributed by atoms with E-state index in [1.54, 1.807) is 11.8 Å². The quantitative estimate of drug-likeness (QED) is 0.396. The van der Waals surface area contributed by atoms with Gasteiger partial charge in [0, 0.05) is 16.8 Å². The van der Waals surface area contributed by atoms with Gasteiger partial charge in [0.05, 0.1) is 36.3 Å². The Morgan fingerprint density at radius 1 is 1.08 bits per heavy atom. The molecule has 0 unspecified atom stereocenters. The van der Waals surface area contributed by atoms with E-state index in [4.69, 9.17) is 21.4 Å². The largest absolute Gasteiger partial charge is 0.465 e. The molecule has 0 aliphatic carbocycles. The van der Waals surface area contributed by atoms with Gasteiger partial charge >= 0.3 is 12.0 Å². The first-order valence-electron chi connectivity index (χ1n) is 11.7. The number of hydrogen-bond acceptors (Lipinski definition) is 4. The van der Waals surface area contributed by atoms with Crippen LogP contribution in [0.3, 0.4) is 0 Å². The topological polar surface area (TPSA) is 81.4 Å². The molecule has 0 radical (unpaired) electrons. The first kappa shape index (κ1) is 23.7. The molecule has 2 aromatic carbocycles. The Labute approximate surface area is 214 Å². The summed E-state index contributed by atoms with van der Waals surface area (Å²) in [6.07, 6.45) is 1.98. The van der Waals surface area contributed by atoms with Gasteiger partial charge in [0.1, 0.15) is 12.4 Å². The predicted molar refractivity (Wildman–Crippen MR) is 136 cm³/mol. The number of aromatic nitrogens is 3. The molecule has 3 heterocycles. The number of hydrogen-bond donors (Lipinski definition) is 1. The lowest BCUT2D eigenvalue weighted by Gasteiger charge is -2.31. The van der Waals surface area contributed by atoms with Crippen molar-refractivity contribution in [3.05, 3.63) is 100 Å². The molecule has 0 spiro atoms. The second-order valence-electron chi connectivity index (χ2n) is 8.48. The molecule has 1 atom stereocenters. The highest BCUT2D eigenvalue weighted by Crippen LogP contribution is 2.38. The zero-order valence-corrected chi connectivity index (χ0v) is 20.8. The molecule has 36 heavy (non-hydrogen) atoms. The van der Waals surface area contributed by atoms with Crippen LogP contribution in [0.1, 0.15) is 35.5 Å². The Morgan fingerprint density at radius 3 is 2.56 bits per heavy atom. The van der Waals surface area contributed by atoms with Crippen molar-refractivity contribution in [3.63, 3.8) is 0 Å². The van der Waals surface area contributed by atoms with Crippen LogP contribution in [0.4, 0.5) is 4.79 Å². The number of benzene rings is 2. The van der Waals surface area contributed by atoms with Gasteiger partial charge in [-0.3, -0.25) is 4.79 Å². The molecule has 0 bridgehead atoms. The monoisotopic (exact) mass is 503 g/mol. The normalized spacial score (nSPS) is 14.5. The number of rotatable bonds is 5. The minimum absolute atomic E-state index is 0.216. The molecule has 0 saturated heterocycles. The summed E-state index contributed by atoms with van der Waals surface area (Å²) in [5.74, 6) is 0.388. The predicted octanol–water partition coefficient (Wildman–Crippen LogP) is 4.80. The second kappa shape index (κ2) is 9.91. The third-order valence-corrected chi connectivity index (χ3v) is 6.47. The van der Waals surface area contributed by atoms with Crippen LogP contribution < -0.4 is 5.32 Å². The smallest absolute Gasteiger partial charge is 0.325 e. The SMILES string of the molecule is CCOC(=O)CNC(=O)N1Cc2c(C)nn(-c3ccccc3)c2-n2cccc2[C@H]1c1ccc(Cl)cc1. The minimum Gasteiger partial charge on any atom is -0.465 e. The van der Waals surface area contributed by atoms with E-state index in [2.05, 4.69) is 9.88 Å². The molecule has 8 nitrogen and oxygen atoms in total. The summed E-state index contributed by atoms with van der Waals surface area (Å²) in [7, 11) is 0. The number of fused-ring (bicyclic) bond motifs is 3. The molecule has 5 rings (SSSR count). The number of amides is 2. The van der Waals surface area contributed by atoms with E-state index < -0.39 is 12.0 Å². The number of para-hydroxylation sites is 1. The maximum absolute atomic E-state index is 13.6. The summed E-state index contributed by atoms with van der Waals surface area (Å²) < 4.78 is 8.99. The average Bonchev–Trinajstić information content (AvgIpc) is 3.44. The van der Waals surface area contributed by atoms with Crippen molar-refractivity contribution in [2.24, 2.45) is 0 Å². The third kappa shape index (κ3) is 4.35. The maximum Gasteiger partial charge on any atom is 0.325 e. The van der Waals surface area contributed by atoms with Gasteiger partial charge in [-0.15, -0.1) is 0 Å². The molecule has 0 fully saturated rings. The molecule has 2 amide bonds. The Hall–Kier alpha value is -4.04. The molecule has 9 heteroatoms. The van der Waals surface area contributed by atoms with Crippen LogP contribution in [-0.2, 0) is 16.1 Å². The highest BCUT2D eigenvalue weighted by molar-refractivity contribution is 6.30. The van der Waals surface area contributed by atoms with Crippen molar-refractivity contribution < 1.29 is 14.3 Å². The number of nitrogens with zero attached hydrogens (tertiary/aromatic N) is 4. The molecule has 0 saturated carbocycles. The van der Waals surface area contributed by atoms with Gasteiger partial charge in [-0.2, -0.15) is 5.10 Å². The fraction of sp³-hybridized carbons (Fsp3) is 0.222. The Morgan fingerprint density at radius 2 is 1.83 bits per heavy atom. The molecule has 1 N–H and O–H groups in total. The van der Waals surface area contributed by atoms with Crippen molar-refractivity contribution >= 4 is 23.6 Å². The maximum atomic E-state index is 13.6. The number of urea groups is 1. The van der Waals surface area contributed by atoms with Gasteiger partial charge in [-0.1, -0.05) is 41.9 Å². The van der Waals surface area contributed by atoms with Crippen molar-refractivity contribution in [2.75, 3.05) is 13.2 Å². The Balaban J connectivity index is 1.65. The summed E-state index contributed by atoms with van der Waals surface area (Å²) in [5, 5.41) is 8.18. The van der Waals surface area contributed by atoms with Crippen LogP contribution in [0.15, 0.2) is 72.9 Å². The van der Waals surface area contributed by atoms with E-state index in [1.165, 1.54) is 0 Å². The van der Waals surface area contributed by atoms with Gasteiger partial charge in [-0.05, 0) is 55.8 Å². The van der Waals surface area contributed by atoms with Crippen LogP contribution in [0.5, 0.6) is 0 Å². The molecular weight excluding hydrogens is 478 g/mol. The molecular formula is C27H26ClN5O3. The van der Waals surface area contributed by atoms with E-state index in [1.807, 2.05) is 84.5 Å². The number of ether oxygens (including phenoxy) is 1. The van der Waals surface area contributed by atoms with E-state index in [-0.39, 0.29) is 25.7 Å². The number of nitrogens with one attached hydrogen (secondary N) is 1. The highest BCUT2D eigenvalue weighted by atomic mass is 35.5. The number of aryl methyl sites for hydroxylation is 1. The Bertz CT molecular complexity index is 1390. The van der Waals surface area contributed by atoms with Gasteiger partial charge in [-0.25, -0.2) is 9.48 Å². The van der Waals surface area contributed by atoms with Gasteiger partial charge in [0.25, 0.3) is 0 Å². The fourth-order valence-electron chi connectivity index (χ4n) is 4.61. The Kier molecular flexibility index (Phi) is 6.52. The van der Waals surface area contributed by atoms with E-state index in [0.29, 0.717) is 5.02 Å². The molecule has 1 aliphatic rings. The standard InChI is InChI=1S/C27H26ClN5O3/c1-3-36-24(34)16-29-27(35)32-17-22-18(2)30-33(21-8-5-4-6-9-21)26(22)31-15-7-10-23(31)25(32)19-11-13-20(28)14-12-19/h4-15,25H,3,16-17H2,1-2H3,(H,29,35)/t25-/m1/s1. The number of carbonyl (C=O) groups excluding carboxylic acids is 2. The average molecular weight is 504 g/mol. The number of carbonyl (C=O) groups is 2. The summed E-state index contributed by atoms with van der Waals surface area (Å²) in [4.78, 5) is 27.3. The van der Waals surface area contributed by atoms with E-state index >= 15 is 0 Å². The van der Waals surface area contributed by atoms with E-state index in [9.17, 15) is 9.59 Å². The van der Waals surface area contributed by atoms with Crippen LogP contribution >= 0.6 is 11.6 Å². The molecule has 184 valence electrons. The first-order chi connectivity index (χ1) is 17.5. The van der Waals surface area contributed by atoms with Gasteiger partial charge < -0.3 is 19.5 Å². The van der Waals surface area contributed by atoms with Crippen LogP contribution in [0.2, 0.25) is 5.02 Å². The van der Waals surface area contributed by atoms with Crippen molar-refractivity contribution in [1.82, 2.24) is 24.6 Å². The van der Waals surface area contributed by atoms with Gasteiger partial charge in [0.2, 0.25) is 0 Å². The van der Waals surface area contributed by atoms with Crippen molar-refractivity contribution in [3.8, 4) is 11.5 Å². The zero-order valence-electron chi connectivity index (χ0n) is 20.0. The summed E-state index contributed by atoms with van der Waals surface area (Å²) >= 11 is 6.18. The zero-order chi connectivity index (χ0) is 25.2. The van der Waals surface area contributed by atoms with Crippen LogP contribution in [0, 0.1) is 6.92 Å². The van der Waals surface area contributed by atoms with Crippen molar-refractivity contribution in [1.29, 1.82) is 0 Å². The highest BCUT2D eigenvalue weighted by Gasteiger charge is 2.36. The lowest BCUT2D eigenvalue weighted by molar-refractivity contribution is -0.141. The number of esters is 1. The summed E-state index contributed by atoms with van der Waals surface area (Å²) in [6, 6.07) is 20.5. The number of halogens is 1. The van der Waals surface area contributed by atoms with Gasteiger partial charge in [0.15, 0.2) is 0 Å². The minimum atomic E-state index is -0.485.